The van der Waals surface area contributed by atoms with Crippen LogP contribution in [0.4, 0.5) is 5.95 Å². The van der Waals surface area contributed by atoms with E-state index >= 15 is 0 Å². The molecule has 0 aliphatic rings. The number of rotatable bonds is 9. The Balaban J connectivity index is 1.96. The van der Waals surface area contributed by atoms with Crippen LogP contribution in [-0.2, 0) is 11.4 Å². The third-order valence-electron chi connectivity index (χ3n) is 4.52. The summed E-state index contributed by atoms with van der Waals surface area (Å²) >= 11 is -1.76. The van der Waals surface area contributed by atoms with E-state index in [-0.39, 0.29) is 11.5 Å². The summed E-state index contributed by atoms with van der Waals surface area (Å²) in [4.78, 5) is 20.4. The van der Waals surface area contributed by atoms with Crippen molar-refractivity contribution >= 4 is 23.3 Å². The monoisotopic (exact) mass is 440 g/mol. The predicted molar refractivity (Wildman–Crippen MR) is 120 cm³/mol. The first-order valence-electron chi connectivity index (χ1n) is 9.64. The van der Waals surface area contributed by atoms with Crippen LogP contribution in [0.2, 0.25) is 0 Å². The van der Waals surface area contributed by atoms with E-state index in [1.54, 1.807) is 18.2 Å². The molecule has 2 aromatic carbocycles. The van der Waals surface area contributed by atoms with E-state index in [2.05, 4.69) is 20.0 Å². The van der Waals surface area contributed by atoms with Gasteiger partial charge < -0.3 is 19.7 Å². The SMILES string of the molecule is CNCCOc1cc(-c2c(C)cccc2C)nc(N[S+]([O-])c2cccc(C(=O)O)c2)n1. The van der Waals surface area contributed by atoms with Crippen molar-refractivity contribution < 1.29 is 19.2 Å². The number of anilines is 1. The van der Waals surface area contributed by atoms with Crippen molar-refractivity contribution in [2.45, 2.75) is 18.7 Å². The van der Waals surface area contributed by atoms with Gasteiger partial charge in [0.1, 0.15) is 18.0 Å². The first-order chi connectivity index (χ1) is 14.9. The molecular formula is C22H24N4O4S. The van der Waals surface area contributed by atoms with E-state index in [9.17, 15) is 9.35 Å². The van der Waals surface area contributed by atoms with Crippen LogP contribution >= 0.6 is 0 Å². The van der Waals surface area contributed by atoms with E-state index in [4.69, 9.17) is 9.84 Å². The normalized spacial score (nSPS) is 11.7. The Morgan fingerprint density at radius 2 is 1.84 bits per heavy atom. The van der Waals surface area contributed by atoms with E-state index in [0.717, 1.165) is 16.7 Å². The molecule has 8 nitrogen and oxygen atoms in total. The minimum absolute atomic E-state index is 0.0499. The summed E-state index contributed by atoms with van der Waals surface area (Å²) < 4.78 is 21.3. The van der Waals surface area contributed by atoms with Gasteiger partial charge in [0.05, 0.1) is 11.3 Å². The summed E-state index contributed by atoms with van der Waals surface area (Å²) in [6.07, 6.45) is 0. The van der Waals surface area contributed by atoms with E-state index in [1.165, 1.54) is 12.1 Å². The van der Waals surface area contributed by atoms with Crippen molar-refractivity contribution in [1.29, 1.82) is 0 Å². The number of nitrogens with zero attached hydrogens (tertiary/aromatic N) is 2. The summed E-state index contributed by atoms with van der Waals surface area (Å²) in [6, 6.07) is 13.6. The number of aromatic carboxylic acids is 1. The second-order valence-corrected chi connectivity index (χ2v) is 8.05. The summed E-state index contributed by atoms with van der Waals surface area (Å²) in [5, 5.41) is 12.2. The van der Waals surface area contributed by atoms with Gasteiger partial charge in [0.15, 0.2) is 4.90 Å². The average Bonchev–Trinajstić information content (AvgIpc) is 2.74. The molecule has 3 rings (SSSR count). The Kier molecular flexibility index (Phi) is 7.45. The molecule has 31 heavy (non-hydrogen) atoms. The highest BCUT2D eigenvalue weighted by molar-refractivity contribution is 7.92. The Labute approximate surface area is 184 Å². The third kappa shape index (κ3) is 5.72. The van der Waals surface area contributed by atoms with Crippen LogP contribution in [0.15, 0.2) is 53.4 Å². The number of carboxylic acids is 1. The molecule has 0 amide bonds. The van der Waals surface area contributed by atoms with Crippen LogP contribution in [0.25, 0.3) is 11.3 Å². The molecule has 1 aromatic heterocycles. The highest BCUT2D eigenvalue weighted by atomic mass is 32.2. The fraction of sp³-hybridized carbons (Fsp3) is 0.227. The second kappa shape index (κ2) is 10.3. The smallest absolute Gasteiger partial charge is 0.335 e. The maximum absolute atomic E-state index is 12.8. The molecule has 3 N–H and O–H groups in total. The van der Waals surface area contributed by atoms with Crippen molar-refractivity contribution in [3.63, 3.8) is 0 Å². The highest BCUT2D eigenvalue weighted by Gasteiger charge is 2.18. The minimum atomic E-state index is -1.76. The lowest BCUT2D eigenvalue weighted by Gasteiger charge is -2.15. The average molecular weight is 441 g/mol. The number of aromatic nitrogens is 2. The number of carboxylic acid groups (broad SMARTS) is 1. The summed E-state index contributed by atoms with van der Waals surface area (Å²) in [6.45, 7) is 5.03. The zero-order valence-corrected chi connectivity index (χ0v) is 18.3. The second-order valence-electron chi connectivity index (χ2n) is 6.84. The van der Waals surface area contributed by atoms with Gasteiger partial charge in [-0.05, 0) is 44.2 Å². The molecule has 0 saturated carbocycles. The summed E-state index contributed by atoms with van der Waals surface area (Å²) in [5.41, 5.74) is 3.73. The van der Waals surface area contributed by atoms with Gasteiger partial charge >= 0.3 is 5.97 Å². The van der Waals surface area contributed by atoms with Crippen LogP contribution in [0.5, 0.6) is 5.88 Å². The van der Waals surface area contributed by atoms with Crippen LogP contribution in [0, 0.1) is 13.8 Å². The quantitative estimate of drug-likeness (QED) is 0.343. The highest BCUT2D eigenvalue weighted by Crippen LogP contribution is 2.29. The number of likely N-dealkylation sites (N-methyl/N-ethyl adjacent to an activating group) is 1. The van der Waals surface area contributed by atoms with Gasteiger partial charge in [0.2, 0.25) is 5.88 Å². The van der Waals surface area contributed by atoms with E-state index in [0.29, 0.717) is 29.6 Å². The first kappa shape index (κ1) is 22.5. The standard InChI is InChI=1S/C22H24N4O4S/c1-14-6-4-7-15(2)20(14)18-13-19(30-11-10-23-3)25-22(24-18)26-31(29)17-9-5-8-16(12-17)21(27)28/h4-9,12-13,23H,10-11H2,1-3H3,(H,27,28)(H,24,25,26). The van der Waals surface area contributed by atoms with Crippen LogP contribution in [0.1, 0.15) is 21.5 Å². The van der Waals surface area contributed by atoms with Crippen molar-refractivity contribution in [2.75, 3.05) is 24.9 Å². The molecule has 0 bridgehead atoms. The molecule has 0 aliphatic carbocycles. The van der Waals surface area contributed by atoms with Gasteiger partial charge in [-0.15, -0.1) is 0 Å². The number of benzene rings is 2. The Hall–Kier alpha value is -3.14. The molecule has 1 heterocycles. The van der Waals surface area contributed by atoms with Crippen LogP contribution in [0.3, 0.4) is 0 Å². The topological polar surface area (TPSA) is 119 Å². The van der Waals surface area contributed by atoms with Crippen molar-refractivity contribution in [3.05, 3.63) is 65.2 Å². The van der Waals surface area contributed by atoms with E-state index < -0.39 is 17.3 Å². The van der Waals surface area contributed by atoms with Crippen molar-refractivity contribution in [2.24, 2.45) is 0 Å². The van der Waals surface area contributed by atoms with Gasteiger partial charge in [-0.25, -0.2) is 9.78 Å². The maximum Gasteiger partial charge on any atom is 0.335 e. The number of hydrogen-bond acceptors (Lipinski definition) is 7. The lowest BCUT2D eigenvalue weighted by molar-refractivity contribution is 0.0696. The molecular weight excluding hydrogens is 416 g/mol. The van der Waals surface area contributed by atoms with Crippen molar-refractivity contribution in [3.8, 4) is 17.1 Å². The third-order valence-corrected chi connectivity index (χ3v) is 5.57. The van der Waals surface area contributed by atoms with Gasteiger partial charge in [-0.2, -0.15) is 9.71 Å². The maximum atomic E-state index is 12.8. The molecule has 162 valence electrons. The molecule has 0 aliphatic heterocycles. The fourth-order valence-corrected chi connectivity index (χ4v) is 3.85. The Bertz CT molecular complexity index is 1060. The van der Waals surface area contributed by atoms with Gasteiger partial charge in [-0.3, -0.25) is 0 Å². The molecule has 1 unspecified atom stereocenters. The van der Waals surface area contributed by atoms with Crippen LogP contribution in [-0.4, -0.2) is 45.8 Å². The molecule has 0 fully saturated rings. The molecule has 0 spiro atoms. The molecule has 0 radical (unpaired) electrons. The summed E-state index contributed by atoms with van der Waals surface area (Å²) in [7, 11) is 1.83. The number of aryl methyl sites for hydroxylation is 2. The summed E-state index contributed by atoms with van der Waals surface area (Å²) in [5.74, 6) is -0.618. The number of nitrogens with one attached hydrogen (secondary N) is 2. The lowest BCUT2D eigenvalue weighted by Crippen LogP contribution is -2.18. The zero-order valence-electron chi connectivity index (χ0n) is 17.5. The Morgan fingerprint density at radius 1 is 1.13 bits per heavy atom. The largest absolute Gasteiger partial charge is 0.588 e. The number of hydrogen-bond donors (Lipinski definition) is 3. The van der Waals surface area contributed by atoms with Crippen LogP contribution < -0.4 is 14.8 Å². The first-order valence-corrected chi connectivity index (χ1v) is 10.8. The molecule has 9 heteroatoms. The predicted octanol–water partition coefficient (Wildman–Crippen LogP) is 3.19. The molecule has 1 atom stereocenters. The van der Waals surface area contributed by atoms with Crippen molar-refractivity contribution in [1.82, 2.24) is 15.3 Å². The van der Waals surface area contributed by atoms with E-state index in [1.807, 2.05) is 39.1 Å². The molecule has 3 aromatic rings. The number of ether oxygens (including phenoxy) is 1. The van der Waals surface area contributed by atoms with Gasteiger partial charge in [-0.1, -0.05) is 24.3 Å². The van der Waals surface area contributed by atoms with Gasteiger partial charge in [0.25, 0.3) is 5.95 Å². The molecule has 0 saturated heterocycles. The lowest BCUT2D eigenvalue weighted by atomic mass is 10.00. The zero-order chi connectivity index (χ0) is 22.4. The van der Waals surface area contributed by atoms with Gasteiger partial charge in [0, 0.05) is 24.2 Å². The fourth-order valence-electron chi connectivity index (χ4n) is 3.04. The number of carbonyl (C=O) groups is 1. The Morgan fingerprint density at radius 3 is 2.52 bits per heavy atom. The minimum Gasteiger partial charge on any atom is -0.588 e.